The van der Waals surface area contributed by atoms with Crippen molar-refractivity contribution in [2.45, 2.75) is 13.0 Å². The molecule has 0 radical (unpaired) electrons. The van der Waals surface area contributed by atoms with Crippen molar-refractivity contribution in [1.82, 2.24) is 0 Å². The Balaban J connectivity index is -0.00000000667. The molecule has 1 atom stereocenters. The summed E-state index contributed by atoms with van der Waals surface area (Å²) in [5.41, 5.74) is 0. The lowest BCUT2D eigenvalue weighted by Crippen LogP contribution is -1.60. The van der Waals surface area contributed by atoms with E-state index in [9.17, 15) is 0 Å². The highest BCUT2D eigenvalue weighted by Crippen LogP contribution is 2.04. The number of halogens is 6. The van der Waals surface area contributed by atoms with Gasteiger partial charge < -0.3 is 4.74 Å². The molecule has 0 N–H and O–H groups in total. The van der Waals surface area contributed by atoms with Crippen molar-refractivity contribution in [3.05, 3.63) is 0 Å². The van der Waals surface area contributed by atoms with E-state index in [0.29, 0.717) is 6.10 Å². The fourth-order valence-corrected chi connectivity index (χ4v) is 0.0962. The second-order valence-electron chi connectivity index (χ2n) is 1.14. The van der Waals surface area contributed by atoms with Crippen molar-refractivity contribution in [1.29, 1.82) is 0 Å². The average molecular weight is 178 g/mol. The Hall–Kier alpha value is -0.460. The molecule has 0 aromatic rings. The van der Waals surface area contributed by atoms with Crippen molar-refractivity contribution >= 4 is 0 Å². The van der Waals surface area contributed by atoms with Gasteiger partial charge in [-0.2, -0.15) is 0 Å². The van der Waals surface area contributed by atoms with Gasteiger partial charge in [-0.25, -0.2) is 0 Å². The largest absolute Gasteiger partial charge is 0.373 e. The van der Waals surface area contributed by atoms with Crippen LogP contribution in [-0.4, -0.2) is 12.7 Å². The van der Waals surface area contributed by atoms with Gasteiger partial charge in [-0.1, -0.05) is 0 Å². The fourth-order valence-electron chi connectivity index (χ4n) is 0.0962. The van der Waals surface area contributed by atoms with Crippen LogP contribution in [0.25, 0.3) is 0 Å². The summed E-state index contributed by atoms with van der Waals surface area (Å²) in [6.07, 6.45) is 0.583. The Kier molecular flexibility index (Phi) is 131. The minimum absolute atomic E-state index is 0. The number of hydrogen-bond acceptors (Lipinski definition) is 1. The molecule has 0 bridgehead atoms. The van der Waals surface area contributed by atoms with E-state index in [4.69, 9.17) is 4.74 Å². The Bertz CT molecular complexity index is 32.2. The molecule has 1 aliphatic heterocycles. The summed E-state index contributed by atoms with van der Waals surface area (Å²) >= 11 is 0. The van der Waals surface area contributed by atoms with Crippen LogP contribution in [0.1, 0.15) is 6.92 Å². The highest BCUT2D eigenvalue weighted by Gasteiger charge is 2.13. The van der Waals surface area contributed by atoms with E-state index < -0.39 is 0 Å². The molecule has 1 unspecified atom stereocenters. The molecule has 1 heterocycles. The molecule has 1 rings (SSSR count). The summed E-state index contributed by atoms with van der Waals surface area (Å²) < 4.78 is 4.71. The zero-order valence-corrected chi connectivity index (χ0v) is 5.14. The number of epoxide rings is 1. The summed E-state index contributed by atoms with van der Waals surface area (Å²) in [6, 6.07) is 0. The highest BCUT2D eigenvalue weighted by molar-refractivity contribution is 4.58. The first-order chi connectivity index (χ1) is 1.89. The Labute approximate surface area is 53.9 Å². The first-order valence-electron chi connectivity index (χ1n) is 1.51. The van der Waals surface area contributed by atoms with E-state index in [2.05, 4.69) is 6.92 Å². The predicted octanol–water partition coefficient (Wildman–Crippen LogP) is 1.32. The molecule has 1 aliphatic rings. The van der Waals surface area contributed by atoms with Crippen LogP contribution in [0.4, 0.5) is 28.2 Å². The lowest BCUT2D eigenvalue weighted by Gasteiger charge is -1.50. The van der Waals surface area contributed by atoms with E-state index in [1.807, 2.05) is 0 Å². The van der Waals surface area contributed by atoms with Gasteiger partial charge in [0.1, 0.15) is 0 Å². The van der Waals surface area contributed by atoms with Crippen molar-refractivity contribution in [3.63, 3.8) is 0 Å². The van der Waals surface area contributed by atoms with Crippen LogP contribution >= 0.6 is 0 Å². The predicted molar refractivity (Wildman–Crippen MR) is 30.4 cm³/mol. The van der Waals surface area contributed by atoms with Crippen LogP contribution < -0.4 is 0 Å². The number of rotatable bonds is 0. The standard InChI is InChI=1S/C3H6O.6FH/c1-3-2-4-3;;;;;;/h3H,2H2,1H3;6*1H. The average Bonchev–Trinajstić information content (AvgIpc) is 1.75. The molecular formula is C3H12F6O. The summed E-state index contributed by atoms with van der Waals surface area (Å²) in [5.74, 6) is 0. The van der Waals surface area contributed by atoms with Crippen LogP contribution in [0, 0.1) is 0 Å². The van der Waals surface area contributed by atoms with E-state index in [-0.39, 0.29) is 28.2 Å². The molecule has 0 aromatic heterocycles. The summed E-state index contributed by atoms with van der Waals surface area (Å²) in [4.78, 5) is 0. The lowest BCUT2D eigenvalue weighted by molar-refractivity contribution is 0.423. The minimum atomic E-state index is 0. The van der Waals surface area contributed by atoms with E-state index >= 15 is 0 Å². The second kappa shape index (κ2) is 23.6. The Morgan fingerprint density at radius 1 is 0.900 bits per heavy atom. The Morgan fingerprint density at radius 3 is 1.00 bits per heavy atom. The van der Waals surface area contributed by atoms with Crippen molar-refractivity contribution in [2.75, 3.05) is 6.61 Å². The molecule has 1 saturated heterocycles. The molecule has 0 amide bonds. The van der Waals surface area contributed by atoms with Gasteiger partial charge in [-0.15, -0.1) is 0 Å². The van der Waals surface area contributed by atoms with Crippen LogP contribution in [0.3, 0.4) is 0 Å². The van der Waals surface area contributed by atoms with Gasteiger partial charge in [-0.3, -0.25) is 28.2 Å². The molecule has 1 fully saturated rings. The smallest absolute Gasteiger partial charge is 0.0781 e. The maximum atomic E-state index is 4.71. The normalized spacial score (nSPS) is 15.9. The SMILES string of the molecule is CC1CO1.F.F.F.F.F.F. The van der Waals surface area contributed by atoms with Gasteiger partial charge in [-0.05, 0) is 6.92 Å². The van der Waals surface area contributed by atoms with Crippen LogP contribution in [0.2, 0.25) is 0 Å². The molecule has 1 nitrogen and oxygen atoms in total. The topological polar surface area (TPSA) is 12.5 Å². The molecular weight excluding hydrogens is 166 g/mol. The van der Waals surface area contributed by atoms with Crippen LogP contribution in [-0.2, 0) is 4.74 Å². The molecule has 0 aromatic carbocycles. The maximum absolute atomic E-state index is 4.71. The van der Waals surface area contributed by atoms with Crippen LogP contribution in [0.5, 0.6) is 0 Å². The van der Waals surface area contributed by atoms with Gasteiger partial charge in [0.15, 0.2) is 0 Å². The van der Waals surface area contributed by atoms with Gasteiger partial charge >= 0.3 is 0 Å². The first kappa shape index (κ1) is 55.5. The molecule has 10 heavy (non-hydrogen) atoms. The van der Waals surface area contributed by atoms with Gasteiger partial charge in [0.05, 0.1) is 12.7 Å². The quantitative estimate of drug-likeness (QED) is 0.402. The van der Waals surface area contributed by atoms with Gasteiger partial charge in [0.2, 0.25) is 0 Å². The molecule has 0 aliphatic carbocycles. The monoisotopic (exact) mass is 178 g/mol. The zero-order valence-electron chi connectivity index (χ0n) is 5.14. The summed E-state index contributed by atoms with van der Waals surface area (Å²) in [5, 5.41) is 0. The Morgan fingerprint density at radius 2 is 1.00 bits per heavy atom. The highest BCUT2D eigenvalue weighted by atomic mass is 19.0. The third-order valence-corrected chi connectivity index (χ3v) is 0.500. The minimum Gasteiger partial charge on any atom is -0.373 e. The van der Waals surface area contributed by atoms with Crippen molar-refractivity contribution in [2.24, 2.45) is 0 Å². The molecule has 72 valence electrons. The van der Waals surface area contributed by atoms with E-state index in [1.54, 1.807) is 0 Å². The zero-order chi connectivity index (χ0) is 2.99. The summed E-state index contributed by atoms with van der Waals surface area (Å²) in [6.45, 7) is 3.04. The first-order valence-corrected chi connectivity index (χ1v) is 1.51. The molecule has 0 spiro atoms. The van der Waals surface area contributed by atoms with Gasteiger partial charge in [0, 0.05) is 0 Å². The lowest BCUT2D eigenvalue weighted by atomic mass is 10.6. The van der Waals surface area contributed by atoms with E-state index in [1.165, 1.54) is 0 Å². The van der Waals surface area contributed by atoms with Crippen molar-refractivity contribution in [3.8, 4) is 0 Å². The third kappa shape index (κ3) is 50.0. The second-order valence-corrected chi connectivity index (χ2v) is 1.14. The molecule has 7 heteroatoms. The van der Waals surface area contributed by atoms with Gasteiger partial charge in [0.25, 0.3) is 0 Å². The van der Waals surface area contributed by atoms with Crippen molar-refractivity contribution < 1.29 is 33.0 Å². The number of ether oxygens (including phenoxy) is 1. The maximum Gasteiger partial charge on any atom is 0.0781 e. The third-order valence-electron chi connectivity index (χ3n) is 0.500. The molecule has 0 saturated carbocycles. The summed E-state index contributed by atoms with van der Waals surface area (Å²) in [7, 11) is 0. The van der Waals surface area contributed by atoms with E-state index in [0.717, 1.165) is 6.61 Å². The van der Waals surface area contributed by atoms with Crippen LogP contribution in [0.15, 0.2) is 0 Å². The number of hydrogen-bond donors (Lipinski definition) is 0. The fraction of sp³-hybridized carbons (Fsp3) is 1.00.